The fraction of sp³-hybridized carbons (Fsp3) is 0.227. The van der Waals surface area contributed by atoms with E-state index < -0.39 is 11.8 Å². The van der Waals surface area contributed by atoms with Crippen molar-refractivity contribution in [2.24, 2.45) is 0 Å². The average molecular weight is 437 g/mol. The molecule has 4 N–H and O–H groups in total. The van der Waals surface area contributed by atoms with Crippen LogP contribution in [-0.4, -0.2) is 50.5 Å². The van der Waals surface area contributed by atoms with Crippen LogP contribution in [0.2, 0.25) is 0 Å². The average Bonchev–Trinajstić information content (AvgIpc) is 3.12. The summed E-state index contributed by atoms with van der Waals surface area (Å²) >= 11 is 0. The zero-order chi connectivity index (χ0) is 22.7. The SMILES string of the molecule is N=C(C(=O)Nc1cnccn1)c1cc(-c2cncc(CN3CCC(F)(F)C3)c2)ccc1N. The first-order valence-corrected chi connectivity index (χ1v) is 9.91. The van der Waals surface area contributed by atoms with E-state index in [2.05, 4.69) is 20.3 Å². The first-order chi connectivity index (χ1) is 15.3. The Labute approximate surface area is 183 Å². The van der Waals surface area contributed by atoms with Crippen LogP contribution < -0.4 is 11.1 Å². The maximum Gasteiger partial charge on any atom is 0.275 e. The van der Waals surface area contributed by atoms with Gasteiger partial charge in [-0.15, -0.1) is 0 Å². The molecule has 10 heteroatoms. The van der Waals surface area contributed by atoms with Crippen LogP contribution in [0.1, 0.15) is 17.5 Å². The number of likely N-dealkylation sites (tertiary alicyclic amines) is 1. The first kappa shape index (κ1) is 21.4. The lowest BCUT2D eigenvalue weighted by Crippen LogP contribution is -2.25. The number of pyridine rings is 1. The summed E-state index contributed by atoms with van der Waals surface area (Å²) in [6.45, 7) is 0.442. The van der Waals surface area contributed by atoms with Crippen LogP contribution in [0, 0.1) is 5.41 Å². The number of anilines is 2. The molecule has 0 bridgehead atoms. The van der Waals surface area contributed by atoms with Crippen molar-refractivity contribution in [2.75, 3.05) is 24.1 Å². The molecule has 164 valence electrons. The zero-order valence-corrected chi connectivity index (χ0v) is 17.1. The van der Waals surface area contributed by atoms with E-state index in [4.69, 9.17) is 11.1 Å². The molecule has 0 atom stereocenters. The number of rotatable bonds is 6. The van der Waals surface area contributed by atoms with Crippen LogP contribution in [0.25, 0.3) is 11.1 Å². The molecule has 0 unspecified atom stereocenters. The third kappa shape index (κ3) is 4.92. The molecule has 1 amide bonds. The highest BCUT2D eigenvalue weighted by atomic mass is 19.3. The first-order valence-electron chi connectivity index (χ1n) is 9.91. The van der Waals surface area contributed by atoms with Crippen molar-refractivity contribution in [3.05, 3.63) is 66.4 Å². The Morgan fingerprint density at radius 3 is 2.72 bits per heavy atom. The molecule has 2 aromatic heterocycles. The lowest BCUT2D eigenvalue weighted by molar-refractivity contribution is -0.110. The Bertz CT molecular complexity index is 1150. The van der Waals surface area contributed by atoms with Gasteiger partial charge in [0, 0.05) is 61.1 Å². The molecule has 1 aliphatic rings. The number of nitrogens with zero attached hydrogens (tertiary/aromatic N) is 4. The van der Waals surface area contributed by atoms with Gasteiger partial charge < -0.3 is 11.1 Å². The van der Waals surface area contributed by atoms with E-state index in [1.165, 1.54) is 18.6 Å². The van der Waals surface area contributed by atoms with E-state index in [-0.39, 0.29) is 35.7 Å². The molecule has 1 fully saturated rings. The van der Waals surface area contributed by atoms with Crippen LogP contribution in [0.3, 0.4) is 0 Å². The fourth-order valence-electron chi connectivity index (χ4n) is 3.55. The van der Waals surface area contributed by atoms with Crippen LogP contribution in [0.4, 0.5) is 20.3 Å². The van der Waals surface area contributed by atoms with E-state index >= 15 is 0 Å². The lowest BCUT2D eigenvalue weighted by Gasteiger charge is -2.16. The van der Waals surface area contributed by atoms with E-state index in [0.717, 1.165) is 11.1 Å². The second-order valence-corrected chi connectivity index (χ2v) is 7.62. The number of nitrogens with two attached hydrogens (primary N) is 1. The second kappa shape index (κ2) is 8.75. The minimum absolute atomic E-state index is 0.139. The molecular weight excluding hydrogens is 416 g/mol. The maximum atomic E-state index is 13.5. The van der Waals surface area contributed by atoms with Gasteiger partial charge in [0.1, 0.15) is 5.71 Å². The molecule has 1 aromatic carbocycles. The molecule has 1 saturated heterocycles. The summed E-state index contributed by atoms with van der Waals surface area (Å²) in [4.78, 5) is 26.2. The number of halogens is 2. The predicted molar refractivity (Wildman–Crippen MR) is 116 cm³/mol. The number of aromatic nitrogens is 3. The van der Waals surface area contributed by atoms with Crippen LogP contribution in [0.5, 0.6) is 0 Å². The van der Waals surface area contributed by atoms with Gasteiger partial charge in [-0.25, -0.2) is 13.8 Å². The van der Waals surface area contributed by atoms with Crippen molar-refractivity contribution < 1.29 is 13.6 Å². The highest BCUT2D eigenvalue weighted by Crippen LogP contribution is 2.29. The van der Waals surface area contributed by atoms with Gasteiger partial charge in [0.2, 0.25) is 0 Å². The molecule has 0 aliphatic carbocycles. The number of nitrogen functional groups attached to an aromatic ring is 1. The van der Waals surface area contributed by atoms with E-state index in [1.54, 1.807) is 35.5 Å². The number of alkyl halides is 2. The molecule has 0 radical (unpaired) electrons. The van der Waals surface area contributed by atoms with Crippen LogP contribution >= 0.6 is 0 Å². The number of hydrogen-bond acceptors (Lipinski definition) is 7. The van der Waals surface area contributed by atoms with Crippen molar-refractivity contribution in [2.45, 2.75) is 18.9 Å². The summed E-state index contributed by atoms with van der Waals surface area (Å²) in [5, 5.41) is 10.8. The molecule has 0 saturated carbocycles. The standard InChI is InChI=1S/C22H21F2N7O/c23-22(24)3-6-31(13-22)12-14-7-16(10-28-9-14)15-1-2-18(25)17(8-15)20(26)21(32)30-19-11-27-4-5-29-19/h1-2,4-5,7-11,26H,3,6,12-13,25H2,(H,29,30,32). The molecule has 1 aliphatic heterocycles. The topological polar surface area (TPSA) is 121 Å². The van der Waals surface area contributed by atoms with Gasteiger partial charge >= 0.3 is 0 Å². The highest BCUT2D eigenvalue weighted by Gasteiger charge is 2.37. The van der Waals surface area contributed by atoms with Crippen molar-refractivity contribution in [3.8, 4) is 11.1 Å². The van der Waals surface area contributed by atoms with Crippen LogP contribution in [-0.2, 0) is 11.3 Å². The second-order valence-electron chi connectivity index (χ2n) is 7.62. The van der Waals surface area contributed by atoms with Gasteiger partial charge in [0.25, 0.3) is 11.8 Å². The molecule has 4 rings (SSSR count). The van der Waals surface area contributed by atoms with Gasteiger partial charge in [-0.2, -0.15) is 0 Å². The predicted octanol–water partition coefficient (Wildman–Crippen LogP) is 2.97. The quantitative estimate of drug-likeness (QED) is 0.403. The van der Waals surface area contributed by atoms with Crippen molar-refractivity contribution in [3.63, 3.8) is 0 Å². The molecular formula is C22H21F2N7O. The molecule has 8 nitrogen and oxygen atoms in total. The van der Waals surface area contributed by atoms with Gasteiger partial charge in [0.05, 0.1) is 12.7 Å². The minimum Gasteiger partial charge on any atom is -0.398 e. The minimum atomic E-state index is -2.65. The summed E-state index contributed by atoms with van der Waals surface area (Å²) in [5.41, 5.74) is 8.47. The number of carbonyl (C=O) groups excluding carboxylic acids is 1. The third-order valence-corrected chi connectivity index (χ3v) is 5.14. The van der Waals surface area contributed by atoms with E-state index in [0.29, 0.717) is 18.7 Å². The van der Waals surface area contributed by atoms with Crippen molar-refractivity contribution in [1.82, 2.24) is 19.9 Å². The summed E-state index contributed by atoms with van der Waals surface area (Å²) in [6.07, 6.45) is 7.42. The van der Waals surface area contributed by atoms with Crippen LogP contribution in [0.15, 0.2) is 55.2 Å². The molecule has 0 spiro atoms. The number of carbonyl (C=O) groups is 1. The normalized spacial score (nSPS) is 15.4. The lowest BCUT2D eigenvalue weighted by atomic mass is 9.99. The summed E-state index contributed by atoms with van der Waals surface area (Å²) in [5.74, 6) is -3.10. The number of benzene rings is 1. The summed E-state index contributed by atoms with van der Waals surface area (Å²) in [6, 6.07) is 6.88. The Balaban J connectivity index is 1.53. The van der Waals surface area contributed by atoms with Gasteiger partial charge in [-0.1, -0.05) is 6.07 Å². The Hall–Kier alpha value is -3.79. The Kier molecular flexibility index (Phi) is 5.87. The van der Waals surface area contributed by atoms with Gasteiger partial charge in [-0.05, 0) is 29.3 Å². The van der Waals surface area contributed by atoms with Crippen molar-refractivity contribution >= 4 is 23.1 Å². The van der Waals surface area contributed by atoms with E-state index in [1.807, 2.05) is 6.07 Å². The summed E-state index contributed by atoms with van der Waals surface area (Å²) < 4.78 is 26.9. The third-order valence-electron chi connectivity index (χ3n) is 5.14. The Morgan fingerprint density at radius 1 is 1.16 bits per heavy atom. The van der Waals surface area contributed by atoms with Crippen molar-refractivity contribution in [1.29, 1.82) is 5.41 Å². The van der Waals surface area contributed by atoms with E-state index in [9.17, 15) is 13.6 Å². The number of nitrogens with one attached hydrogen (secondary N) is 2. The molecule has 3 heterocycles. The van der Waals surface area contributed by atoms with Gasteiger partial charge in [-0.3, -0.25) is 25.1 Å². The Morgan fingerprint density at radius 2 is 2.00 bits per heavy atom. The molecule has 32 heavy (non-hydrogen) atoms. The highest BCUT2D eigenvalue weighted by molar-refractivity contribution is 6.48. The zero-order valence-electron chi connectivity index (χ0n) is 17.1. The number of hydrogen-bond donors (Lipinski definition) is 3. The molecule has 3 aromatic rings. The fourth-order valence-corrected chi connectivity index (χ4v) is 3.55. The van der Waals surface area contributed by atoms with Gasteiger partial charge in [0.15, 0.2) is 5.82 Å². The smallest absolute Gasteiger partial charge is 0.275 e. The maximum absolute atomic E-state index is 13.5. The summed E-state index contributed by atoms with van der Waals surface area (Å²) in [7, 11) is 0. The largest absolute Gasteiger partial charge is 0.398 e. The number of amides is 1. The monoisotopic (exact) mass is 437 g/mol.